The van der Waals surface area contributed by atoms with Crippen LogP contribution < -0.4 is 16.0 Å². The maximum absolute atomic E-state index is 11.4. The maximum atomic E-state index is 11.4. The van der Waals surface area contributed by atoms with E-state index in [4.69, 9.17) is 15.7 Å². The third-order valence-corrected chi connectivity index (χ3v) is 7.62. The van der Waals surface area contributed by atoms with E-state index in [1.54, 1.807) is 17.0 Å². The van der Waals surface area contributed by atoms with Gasteiger partial charge in [-0.1, -0.05) is 6.92 Å². The molecule has 3 aromatic rings. The number of rotatable bonds is 5. The van der Waals surface area contributed by atoms with E-state index in [1.165, 1.54) is 48.2 Å². The molecule has 1 aromatic carbocycles. The molecule has 0 spiro atoms. The van der Waals surface area contributed by atoms with E-state index in [1.807, 2.05) is 23.5 Å². The van der Waals surface area contributed by atoms with Crippen molar-refractivity contribution in [2.75, 3.05) is 18.4 Å². The summed E-state index contributed by atoms with van der Waals surface area (Å²) in [6.07, 6.45) is 6.02. The Morgan fingerprint density at radius 3 is 2.70 bits per heavy atom. The first-order valence-electron chi connectivity index (χ1n) is 10.9. The molecule has 5 rings (SSSR count). The van der Waals surface area contributed by atoms with Gasteiger partial charge < -0.3 is 16.0 Å². The Hall–Kier alpha value is -2.51. The van der Waals surface area contributed by atoms with E-state index in [-0.39, 0.29) is 0 Å². The molecule has 0 unspecified atom stereocenters. The highest BCUT2D eigenvalue weighted by Gasteiger charge is 2.25. The number of benzene rings is 1. The number of fused-ring (bicyclic) bond motifs is 3. The number of piperidine rings is 1. The Morgan fingerprint density at radius 1 is 1.20 bits per heavy atom. The number of carbonyl (C=O) groups excluding carboxylic acids is 1. The van der Waals surface area contributed by atoms with E-state index in [2.05, 4.69) is 12.2 Å². The number of hydrogen-bond acceptors (Lipinski definition) is 5. The minimum atomic E-state index is -0.414. The highest BCUT2D eigenvalue weighted by molar-refractivity contribution is 7.19. The van der Waals surface area contributed by atoms with Crippen LogP contribution in [0.2, 0.25) is 0 Å². The zero-order valence-electron chi connectivity index (χ0n) is 17.3. The molecule has 0 atom stereocenters. The summed E-state index contributed by atoms with van der Waals surface area (Å²) < 4.78 is 0. The Balaban J connectivity index is 1.48. The van der Waals surface area contributed by atoms with Gasteiger partial charge in [0, 0.05) is 16.1 Å². The normalized spacial score (nSPS) is 21.0. The summed E-state index contributed by atoms with van der Waals surface area (Å²) in [5.74, 6) is 2.23. The predicted octanol–water partition coefficient (Wildman–Crippen LogP) is 2.84. The number of likely N-dealkylation sites (tertiary alicyclic amines) is 1. The van der Waals surface area contributed by atoms with Crippen LogP contribution in [-0.2, 0) is 19.4 Å². The van der Waals surface area contributed by atoms with Crippen molar-refractivity contribution in [3.05, 3.63) is 46.1 Å². The van der Waals surface area contributed by atoms with Gasteiger partial charge in [-0.25, -0.2) is 9.97 Å². The molecule has 1 aliphatic carbocycles. The van der Waals surface area contributed by atoms with E-state index in [9.17, 15) is 4.79 Å². The van der Waals surface area contributed by atoms with Gasteiger partial charge in [-0.2, -0.15) is 0 Å². The number of aryl methyl sites for hydroxylation is 2. The minimum absolute atomic E-state index is 0.414. The molecule has 0 saturated carbocycles. The monoisotopic (exact) mass is 422 g/mol. The number of amides is 1. The number of nitrogens with two attached hydrogens (primary N) is 1. The Morgan fingerprint density at radius 2 is 1.97 bits per heavy atom. The van der Waals surface area contributed by atoms with Crippen molar-refractivity contribution in [2.24, 2.45) is 11.7 Å². The van der Waals surface area contributed by atoms with Crippen molar-refractivity contribution in [1.29, 1.82) is 0 Å². The zero-order chi connectivity index (χ0) is 20.7. The molecule has 0 radical (unpaired) electrons. The van der Waals surface area contributed by atoms with Crippen LogP contribution >= 0.6 is 11.3 Å². The summed E-state index contributed by atoms with van der Waals surface area (Å²) in [5.41, 5.74) is 8.20. The summed E-state index contributed by atoms with van der Waals surface area (Å²) in [7, 11) is 0. The Kier molecular flexibility index (Phi) is 5.16. The number of thiophene rings is 1. The SMILES string of the molecule is CC1CC[NH+](Cc2nc(Nc3ccc(C(N)=O)cc3)c3c4c(sc3n2)CCC4)CC1. The van der Waals surface area contributed by atoms with Crippen molar-refractivity contribution in [3.8, 4) is 0 Å². The smallest absolute Gasteiger partial charge is 0.248 e. The topological polar surface area (TPSA) is 85.3 Å². The molecule has 1 aliphatic heterocycles. The first kappa shape index (κ1) is 19.5. The third kappa shape index (κ3) is 3.79. The van der Waals surface area contributed by atoms with Crippen LogP contribution in [0.1, 0.15) is 52.8 Å². The maximum Gasteiger partial charge on any atom is 0.248 e. The lowest BCUT2D eigenvalue weighted by molar-refractivity contribution is -0.920. The fourth-order valence-corrected chi connectivity index (χ4v) is 5.91. The largest absolute Gasteiger partial charge is 0.366 e. The molecule has 3 heterocycles. The van der Waals surface area contributed by atoms with Crippen molar-refractivity contribution < 1.29 is 9.69 Å². The van der Waals surface area contributed by atoms with Crippen molar-refractivity contribution in [3.63, 3.8) is 0 Å². The molecule has 2 aliphatic rings. The zero-order valence-corrected chi connectivity index (χ0v) is 18.1. The molecule has 1 fully saturated rings. The standard InChI is InChI=1S/C23H27N5OS/c1-14-9-11-28(12-10-14)13-19-26-22(25-16-7-5-15(6-8-16)21(24)29)20-17-3-2-4-18(17)30-23(20)27-19/h5-8,14H,2-4,9-13H2,1H3,(H2,24,29)(H,25,26,27)/p+1. The molecular formula is C23H28N5OS+. The van der Waals surface area contributed by atoms with Gasteiger partial charge in [-0.05, 0) is 67.9 Å². The number of hydrogen-bond donors (Lipinski definition) is 3. The number of nitrogens with one attached hydrogen (secondary N) is 2. The molecule has 7 heteroatoms. The molecule has 156 valence electrons. The summed E-state index contributed by atoms with van der Waals surface area (Å²) in [6.45, 7) is 5.61. The fourth-order valence-electron chi connectivity index (χ4n) is 4.63. The van der Waals surface area contributed by atoms with Crippen LogP contribution in [0.3, 0.4) is 0 Å². The van der Waals surface area contributed by atoms with Gasteiger partial charge in [0.25, 0.3) is 0 Å². The van der Waals surface area contributed by atoms with Crippen molar-refractivity contribution in [1.82, 2.24) is 9.97 Å². The van der Waals surface area contributed by atoms with Gasteiger partial charge in [0.2, 0.25) is 5.91 Å². The molecule has 6 nitrogen and oxygen atoms in total. The lowest BCUT2D eigenvalue weighted by Gasteiger charge is -2.26. The van der Waals surface area contributed by atoms with E-state index >= 15 is 0 Å². The van der Waals surface area contributed by atoms with Gasteiger partial charge >= 0.3 is 0 Å². The Labute approximate surface area is 180 Å². The third-order valence-electron chi connectivity index (χ3n) is 6.43. The van der Waals surface area contributed by atoms with Crippen LogP contribution in [0.4, 0.5) is 11.5 Å². The fraction of sp³-hybridized carbons (Fsp3) is 0.435. The molecule has 30 heavy (non-hydrogen) atoms. The van der Waals surface area contributed by atoms with E-state index in [0.717, 1.165) is 47.5 Å². The predicted molar refractivity (Wildman–Crippen MR) is 120 cm³/mol. The van der Waals surface area contributed by atoms with Crippen molar-refractivity contribution in [2.45, 2.75) is 45.6 Å². The van der Waals surface area contributed by atoms with E-state index < -0.39 is 5.91 Å². The molecule has 2 aromatic heterocycles. The first-order chi connectivity index (χ1) is 14.6. The average Bonchev–Trinajstić information content (AvgIpc) is 3.31. The lowest BCUT2D eigenvalue weighted by Crippen LogP contribution is -3.11. The van der Waals surface area contributed by atoms with Crippen molar-refractivity contribution >= 4 is 39.0 Å². The second kappa shape index (κ2) is 7.96. The minimum Gasteiger partial charge on any atom is -0.366 e. The quantitative estimate of drug-likeness (QED) is 0.590. The average molecular weight is 423 g/mol. The second-order valence-corrected chi connectivity index (χ2v) is 9.79. The number of primary amides is 1. The number of anilines is 2. The molecule has 1 saturated heterocycles. The van der Waals surface area contributed by atoms with Crippen LogP contribution in [0.15, 0.2) is 24.3 Å². The van der Waals surface area contributed by atoms with Gasteiger partial charge in [-0.15, -0.1) is 11.3 Å². The molecular weight excluding hydrogens is 394 g/mol. The van der Waals surface area contributed by atoms with Gasteiger partial charge in [0.05, 0.1) is 18.5 Å². The van der Waals surface area contributed by atoms with Crippen LogP contribution in [-0.4, -0.2) is 29.0 Å². The number of nitrogens with zero attached hydrogens (tertiary/aromatic N) is 2. The second-order valence-electron chi connectivity index (χ2n) is 8.70. The highest BCUT2D eigenvalue weighted by atomic mass is 32.1. The summed E-state index contributed by atoms with van der Waals surface area (Å²) >= 11 is 1.83. The molecule has 0 bridgehead atoms. The number of aromatic nitrogens is 2. The molecule has 4 N–H and O–H groups in total. The Bertz CT molecular complexity index is 1080. The van der Waals surface area contributed by atoms with Crippen LogP contribution in [0, 0.1) is 5.92 Å². The van der Waals surface area contributed by atoms with E-state index in [0.29, 0.717) is 5.56 Å². The van der Waals surface area contributed by atoms with Gasteiger partial charge in [0.15, 0.2) is 5.82 Å². The number of carbonyl (C=O) groups is 1. The highest BCUT2D eigenvalue weighted by Crippen LogP contribution is 2.40. The van der Waals surface area contributed by atoms with Crippen LogP contribution in [0.5, 0.6) is 0 Å². The summed E-state index contributed by atoms with van der Waals surface area (Å²) in [6, 6.07) is 7.28. The molecule has 1 amide bonds. The summed E-state index contributed by atoms with van der Waals surface area (Å²) in [4.78, 5) is 25.5. The summed E-state index contributed by atoms with van der Waals surface area (Å²) in [5, 5.41) is 4.69. The lowest BCUT2D eigenvalue weighted by atomic mass is 9.99. The van der Waals surface area contributed by atoms with Crippen LogP contribution in [0.25, 0.3) is 10.2 Å². The first-order valence-corrected chi connectivity index (χ1v) is 11.7. The van der Waals surface area contributed by atoms with Gasteiger partial charge in [0.1, 0.15) is 17.2 Å². The van der Waals surface area contributed by atoms with Gasteiger partial charge in [-0.3, -0.25) is 4.79 Å². The number of quaternary nitrogens is 1.